The summed E-state index contributed by atoms with van der Waals surface area (Å²) in [6.07, 6.45) is 0. The van der Waals surface area contributed by atoms with Crippen LogP contribution in [-0.2, 0) is 6.54 Å². The number of nitrogen functional groups attached to an aromatic ring is 1. The monoisotopic (exact) mass is 223 g/mol. The van der Waals surface area contributed by atoms with E-state index in [-0.39, 0.29) is 5.69 Å². The maximum Gasteiger partial charge on any atom is 0.269 e. The molecule has 5 nitrogen and oxygen atoms in total. The lowest BCUT2D eigenvalue weighted by Gasteiger charge is -2.18. The quantitative estimate of drug-likeness (QED) is 0.471. The minimum atomic E-state index is -0.398. The van der Waals surface area contributed by atoms with E-state index in [1.807, 2.05) is 0 Å². The van der Waals surface area contributed by atoms with Crippen LogP contribution >= 0.6 is 0 Å². The molecule has 0 spiro atoms. The third-order valence-electron chi connectivity index (χ3n) is 2.63. The summed E-state index contributed by atoms with van der Waals surface area (Å²) in [5.41, 5.74) is 7.32. The molecule has 1 rings (SSSR count). The first-order valence-corrected chi connectivity index (χ1v) is 5.33. The first-order valence-electron chi connectivity index (χ1n) is 5.33. The highest BCUT2D eigenvalue weighted by Gasteiger charge is 2.10. The standard InChI is InChI=1S/C11H17N3O2/c1-3-13(4-2)8-9-7-10(14(15)16)5-6-11(9)12/h5-7H,3-4,8,12H2,1-2H3. The van der Waals surface area contributed by atoms with Crippen LogP contribution in [0.1, 0.15) is 19.4 Å². The Morgan fingerprint density at radius 3 is 2.50 bits per heavy atom. The van der Waals surface area contributed by atoms with Crippen molar-refractivity contribution in [1.82, 2.24) is 4.90 Å². The average molecular weight is 223 g/mol. The van der Waals surface area contributed by atoms with Crippen molar-refractivity contribution in [3.8, 4) is 0 Å². The van der Waals surface area contributed by atoms with Crippen LogP contribution in [0.2, 0.25) is 0 Å². The average Bonchev–Trinajstić information content (AvgIpc) is 2.27. The predicted octanol–water partition coefficient (Wildman–Crippen LogP) is 2.02. The van der Waals surface area contributed by atoms with E-state index < -0.39 is 4.92 Å². The lowest BCUT2D eigenvalue weighted by molar-refractivity contribution is -0.384. The van der Waals surface area contributed by atoms with Gasteiger partial charge in [0.1, 0.15) is 0 Å². The molecular weight excluding hydrogens is 206 g/mol. The first-order chi connectivity index (χ1) is 7.58. The number of anilines is 1. The summed E-state index contributed by atoms with van der Waals surface area (Å²) in [5, 5.41) is 10.6. The Kier molecular flexibility index (Phi) is 4.25. The molecule has 5 heteroatoms. The van der Waals surface area contributed by atoms with Crippen LogP contribution in [0.25, 0.3) is 0 Å². The van der Waals surface area contributed by atoms with E-state index in [9.17, 15) is 10.1 Å². The number of nitrogens with zero attached hydrogens (tertiary/aromatic N) is 2. The van der Waals surface area contributed by atoms with Crippen molar-refractivity contribution in [2.24, 2.45) is 0 Å². The summed E-state index contributed by atoms with van der Waals surface area (Å²) >= 11 is 0. The molecule has 88 valence electrons. The Hall–Kier alpha value is -1.62. The lowest BCUT2D eigenvalue weighted by Crippen LogP contribution is -2.22. The molecule has 0 aliphatic carbocycles. The Labute approximate surface area is 95.0 Å². The highest BCUT2D eigenvalue weighted by atomic mass is 16.6. The maximum atomic E-state index is 10.6. The summed E-state index contributed by atoms with van der Waals surface area (Å²) in [5.74, 6) is 0. The smallest absolute Gasteiger partial charge is 0.269 e. The van der Waals surface area contributed by atoms with Crippen LogP contribution in [0, 0.1) is 10.1 Å². The molecule has 0 heterocycles. The van der Waals surface area contributed by atoms with E-state index in [1.54, 1.807) is 12.1 Å². The van der Waals surface area contributed by atoms with E-state index in [2.05, 4.69) is 18.7 Å². The van der Waals surface area contributed by atoms with E-state index >= 15 is 0 Å². The number of non-ortho nitro benzene ring substituents is 1. The number of rotatable bonds is 5. The number of benzene rings is 1. The molecule has 0 aromatic heterocycles. The van der Waals surface area contributed by atoms with Gasteiger partial charge in [-0.1, -0.05) is 13.8 Å². The number of hydrogen-bond donors (Lipinski definition) is 1. The molecule has 0 atom stereocenters. The zero-order valence-corrected chi connectivity index (χ0v) is 9.64. The van der Waals surface area contributed by atoms with Crippen LogP contribution in [0.3, 0.4) is 0 Å². The molecule has 0 unspecified atom stereocenters. The zero-order chi connectivity index (χ0) is 12.1. The number of nitro groups is 1. The largest absolute Gasteiger partial charge is 0.398 e. The number of hydrogen-bond acceptors (Lipinski definition) is 4. The van der Waals surface area contributed by atoms with Gasteiger partial charge in [0.05, 0.1) is 4.92 Å². The molecular formula is C11H17N3O2. The van der Waals surface area contributed by atoms with E-state index in [1.165, 1.54) is 6.07 Å². The van der Waals surface area contributed by atoms with Crippen molar-refractivity contribution < 1.29 is 4.92 Å². The van der Waals surface area contributed by atoms with Crippen LogP contribution in [0.5, 0.6) is 0 Å². The summed E-state index contributed by atoms with van der Waals surface area (Å²) in [6, 6.07) is 4.58. The Bertz CT molecular complexity index is 375. The molecule has 16 heavy (non-hydrogen) atoms. The number of nitrogens with two attached hydrogens (primary N) is 1. The van der Waals surface area contributed by atoms with E-state index in [0.717, 1.165) is 18.7 Å². The highest BCUT2D eigenvalue weighted by Crippen LogP contribution is 2.20. The van der Waals surface area contributed by atoms with Crippen LogP contribution in [0.4, 0.5) is 11.4 Å². The highest BCUT2D eigenvalue weighted by molar-refractivity contribution is 5.52. The molecule has 0 bridgehead atoms. The minimum absolute atomic E-state index is 0.0938. The Balaban J connectivity index is 2.93. The summed E-state index contributed by atoms with van der Waals surface area (Å²) in [7, 11) is 0. The fourth-order valence-corrected chi connectivity index (χ4v) is 1.53. The van der Waals surface area contributed by atoms with Gasteiger partial charge < -0.3 is 5.73 Å². The van der Waals surface area contributed by atoms with Gasteiger partial charge in [0, 0.05) is 24.4 Å². The molecule has 0 aliphatic heterocycles. The van der Waals surface area contributed by atoms with Gasteiger partial charge in [-0.15, -0.1) is 0 Å². The lowest BCUT2D eigenvalue weighted by atomic mass is 10.1. The molecule has 0 saturated heterocycles. The predicted molar refractivity (Wildman–Crippen MR) is 64.1 cm³/mol. The van der Waals surface area contributed by atoms with Gasteiger partial charge in [-0.2, -0.15) is 0 Å². The Morgan fingerprint density at radius 1 is 1.38 bits per heavy atom. The first kappa shape index (κ1) is 12.4. The van der Waals surface area contributed by atoms with Gasteiger partial charge in [-0.05, 0) is 24.7 Å². The molecule has 2 N–H and O–H groups in total. The van der Waals surface area contributed by atoms with E-state index in [0.29, 0.717) is 12.2 Å². The molecule has 0 aliphatic rings. The minimum Gasteiger partial charge on any atom is -0.398 e. The van der Waals surface area contributed by atoms with Gasteiger partial charge in [-0.3, -0.25) is 15.0 Å². The zero-order valence-electron chi connectivity index (χ0n) is 9.64. The van der Waals surface area contributed by atoms with Crippen molar-refractivity contribution in [2.45, 2.75) is 20.4 Å². The fraction of sp³-hybridized carbons (Fsp3) is 0.455. The second-order valence-corrected chi connectivity index (χ2v) is 3.60. The summed E-state index contributed by atoms with van der Waals surface area (Å²) in [6.45, 7) is 6.56. The van der Waals surface area contributed by atoms with Gasteiger partial charge in [-0.25, -0.2) is 0 Å². The summed E-state index contributed by atoms with van der Waals surface area (Å²) in [4.78, 5) is 12.4. The molecule has 1 aromatic rings. The normalized spacial score (nSPS) is 10.7. The van der Waals surface area contributed by atoms with Gasteiger partial charge in [0.25, 0.3) is 5.69 Å². The van der Waals surface area contributed by atoms with Crippen molar-refractivity contribution in [3.63, 3.8) is 0 Å². The summed E-state index contributed by atoms with van der Waals surface area (Å²) < 4.78 is 0. The molecule has 0 saturated carbocycles. The van der Waals surface area contributed by atoms with Crippen LogP contribution in [0.15, 0.2) is 18.2 Å². The molecule has 0 radical (unpaired) electrons. The third-order valence-corrected chi connectivity index (χ3v) is 2.63. The SMILES string of the molecule is CCN(CC)Cc1cc([N+](=O)[O-])ccc1N. The van der Waals surface area contributed by atoms with Crippen molar-refractivity contribution in [1.29, 1.82) is 0 Å². The van der Waals surface area contributed by atoms with Crippen LogP contribution in [-0.4, -0.2) is 22.9 Å². The van der Waals surface area contributed by atoms with Crippen molar-refractivity contribution in [3.05, 3.63) is 33.9 Å². The molecule has 1 aromatic carbocycles. The third kappa shape index (κ3) is 2.93. The number of nitro benzene ring substituents is 1. The maximum absolute atomic E-state index is 10.6. The Morgan fingerprint density at radius 2 is 2.00 bits per heavy atom. The molecule has 0 fully saturated rings. The van der Waals surface area contributed by atoms with E-state index in [4.69, 9.17) is 5.73 Å². The fourth-order valence-electron chi connectivity index (χ4n) is 1.53. The van der Waals surface area contributed by atoms with Crippen molar-refractivity contribution in [2.75, 3.05) is 18.8 Å². The van der Waals surface area contributed by atoms with Gasteiger partial charge >= 0.3 is 0 Å². The second-order valence-electron chi connectivity index (χ2n) is 3.60. The van der Waals surface area contributed by atoms with Gasteiger partial charge in [0.15, 0.2) is 0 Å². The van der Waals surface area contributed by atoms with Crippen LogP contribution < -0.4 is 5.73 Å². The topological polar surface area (TPSA) is 72.4 Å². The molecule has 0 amide bonds. The van der Waals surface area contributed by atoms with Gasteiger partial charge in [0.2, 0.25) is 0 Å². The second kappa shape index (κ2) is 5.46. The van der Waals surface area contributed by atoms with Crippen molar-refractivity contribution >= 4 is 11.4 Å².